The third-order valence-electron chi connectivity index (χ3n) is 2.01. The maximum atomic E-state index is 11.3. The third-order valence-corrected chi connectivity index (χ3v) is 2.47. The number of halogens is 1. The number of nitriles is 1. The first kappa shape index (κ1) is 14.6. The molecule has 0 heterocycles. The minimum Gasteiger partial charge on any atom is -0.478 e. The van der Waals surface area contributed by atoms with Crippen LogP contribution in [0.25, 0.3) is 0 Å². The number of aromatic carboxylic acids is 1. The van der Waals surface area contributed by atoms with Crippen molar-refractivity contribution in [1.29, 1.82) is 5.26 Å². The number of nitrogens with zero attached hydrogens (tertiary/aromatic N) is 2. The van der Waals surface area contributed by atoms with Gasteiger partial charge in [0.15, 0.2) is 0 Å². The van der Waals surface area contributed by atoms with E-state index in [4.69, 9.17) is 10.4 Å². The monoisotopic (exact) mass is 327 g/mol. The van der Waals surface area contributed by atoms with Crippen LogP contribution < -0.4 is 5.32 Å². The first-order valence-electron chi connectivity index (χ1n) is 4.75. The van der Waals surface area contributed by atoms with Crippen LogP contribution in [0, 0.1) is 21.4 Å². The van der Waals surface area contributed by atoms with E-state index in [2.05, 4.69) is 21.2 Å². The van der Waals surface area contributed by atoms with Crippen molar-refractivity contribution in [3.05, 3.63) is 32.3 Å². The zero-order valence-corrected chi connectivity index (χ0v) is 10.8. The third kappa shape index (κ3) is 3.49. The molecule has 98 valence electrons. The lowest BCUT2D eigenvalue weighted by Crippen LogP contribution is -2.15. The summed E-state index contributed by atoms with van der Waals surface area (Å²) in [6.07, 6.45) is -0.535. The van der Waals surface area contributed by atoms with Crippen LogP contribution in [0.3, 0.4) is 0 Å². The summed E-state index contributed by atoms with van der Waals surface area (Å²) in [5, 5.41) is 30.3. The summed E-state index contributed by atoms with van der Waals surface area (Å²) in [6, 6.07) is 3.74. The van der Waals surface area contributed by atoms with Crippen molar-refractivity contribution in [3.8, 4) is 6.07 Å². The van der Waals surface area contributed by atoms with Crippen molar-refractivity contribution in [3.63, 3.8) is 0 Å². The number of amides is 1. The fraction of sp³-hybridized carbons (Fsp3) is 0.100. The van der Waals surface area contributed by atoms with E-state index in [1.807, 2.05) is 0 Å². The molecule has 0 radical (unpaired) electrons. The second-order valence-corrected chi connectivity index (χ2v) is 4.21. The van der Waals surface area contributed by atoms with Crippen LogP contribution in [0.1, 0.15) is 16.8 Å². The highest BCUT2D eigenvalue weighted by Gasteiger charge is 2.24. The Hall–Kier alpha value is -2.47. The molecule has 1 amide bonds. The van der Waals surface area contributed by atoms with Gasteiger partial charge in [0.25, 0.3) is 5.69 Å². The maximum Gasteiger partial charge on any atom is 0.338 e. The average molecular weight is 328 g/mol. The smallest absolute Gasteiger partial charge is 0.338 e. The van der Waals surface area contributed by atoms with Crippen LogP contribution >= 0.6 is 15.9 Å². The lowest BCUT2D eigenvalue weighted by molar-refractivity contribution is -0.384. The Labute approximate surface area is 114 Å². The molecule has 1 rings (SSSR count). The van der Waals surface area contributed by atoms with Crippen LogP contribution in [-0.2, 0) is 4.79 Å². The van der Waals surface area contributed by atoms with Gasteiger partial charge in [-0.2, -0.15) is 5.26 Å². The van der Waals surface area contributed by atoms with Crippen molar-refractivity contribution in [2.75, 3.05) is 5.32 Å². The van der Waals surface area contributed by atoms with Crippen LogP contribution in [0.4, 0.5) is 11.4 Å². The van der Waals surface area contributed by atoms with Crippen molar-refractivity contribution >= 4 is 39.2 Å². The van der Waals surface area contributed by atoms with Crippen LogP contribution in [0.15, 0.2) is 16.6 Å². The van der Waals surface area contributed by atoms with Gasteiger partial charge in [0, 0.05) is 10.5 Å². The number of carbonyl (C=O) groups is 2. The van der Waals surface area contributed by atoms with Crippen molar-refractivity contribution in [2.24, 2.45) is 0 Å². The fourth-order valence-corrected chi connectivity index (χ4v) is 1.74. The van der Waals surface area contributed by atoms with Crippen LogP contribution in [0.5, 0.6) is 0 Å². The highest BCUT2D eigenvalue weighted by molar-refractivity contribution is 9.10. The van der Waals surface area contributed by atoms with Gasteiger partial charge in [0.05, 0.1) is 16.6 Å². The van der Waals surface area contributed by atoms with Gasteiger partial charge < -0.3 is 10.4 Å². The second-order valence-electron chi connectivity index (χ2n) is 3.29. The highest BCUT2D eigenvalue weighted by Crippen LogP contribution is 2.32. The van der Waals surface area contributed by atoms with Gasteiger partial charge in [-0.3, -0.25) is 14.9 Å². The number of nitro groups is 1. The molecule has 0 aliphatic carbocycles. The Morgan fingerprint density at radius 1 is 1.53 bits per heavy atom. The Balaban J connectivity index is 3.40. The molecule has 2 N–H and O–H groups in total. The standard InChI is InChI=1S/C10H6BrN3O5/c11-5-3-6(10(16)17)9(7(4-5)14(18)19)13-8(15)1-2-12/h3-4H,1H2,(H,13,15)(H,16,17). The molecule has 19 heavy (non-hydrogen) atoms. The second kappa shape index (κ2) is 5.92. The Kier molecular flexibility index (Phi) is 4.55. The molecule has 0 aliphatic heterocycles. The Morgan fingerprint density at radius 2 is 2.16 bits per heavy atom. The minimum absolute atomic E-state index is 0.190. The fourth-order valence-electron chi connectivity index (χ4n) is 1.29. The highest BCUT2D eigenvalue weighted by atomic mass is 79.9. The van der Waals surface area contributed by atoms with E-state index in [0.717, 1.165) is 12.1 Å². The van der Waals surface area contributed by atoms with Crippen LogP contribution in [0.2, 0.25) is 0 Å². The molecule has 0 aromatic heterocycles. The number of carboxylic acid groups (broad SMARTS) is 1. The van der Waals surface area contributed by atoms with Crippen molar-refractivity contribution < 1.29 is 19.6 Å². The first-order valence-corrected chi connectivity index (χ1v) is 5.54. The molecule has 1 aromatic carbocycles. The van der Waals surface area contributed by atoms with Crippen molar-refractivity contribution in [1.82, 2.24) is 0 Å². The molecule has 8 nitrogen and oxygen atoms in total. The summed E-state index contributed by atoms with van der Waals surface area (Å²) in [5.74, 6) is -2.26. The van der Waals surface area contributed by atoms with Gasteiger partial charge in [-0.05, 0) is 6.07 Å². The first-order chi connectivity index (χ1) is 8.86. The zero-order chi connectivity index (χ0) is 14.6. The molecule has 0 atom stereocenters. The van der Waals surface area contributed by atoms with Gasteiger partial charge in [0.2, 0.25) is 5.91 Å². The minimum atomic E-state index is -1.43. The van der Waals surface area contributed by atoms with Gasteiger partial charge in [-0.1, -0.05) is 15.9 Å². The number of anilines is 1. The molecular formula is C10H6BrN3O5. The predicted octanol–water partition coefficient (Wildman–Crippen LogP) is 1.91. The largest absolute Gasteiger partial charge is 0.478 e. The van der Waals surface area contributed by atoms with E-state index >= 15 is 0 Å². The Morgan fingerprint density at radius 3 is 2.63 bits per heavy atom. The molecule has 0 bridgehead atoms. The normalized spacial score (nSPS) is 9.47. The molecule has 1 aromatic rings. The molecule has 0 saturated heterocycles. The van der Waals surface area contributed by atoms with E-state index < -0.39 is 40.2 Å². The van der Waals surface area contributed by atoms with Gasteiger partial charge >= 0.3 is 5.97 Å². The van der Waals surface area contributed by atoms with Crippen molar-refractivity contribution in [2.45, 2.75) is 6.42 Å². The number of carboxylic acids is 1. The van der Waals surface area contributed by atoms with Crippen LogP contribution in [-0.4, -0.2) is 21.9 Å². The number of hydrogen-bond donors (Lipinski definition) is 2. The van der Waals surface area contributed by atoms with Gasteiger partial charge in [-0.25, -0.2) is 4.79 Å². The average Bonchev–Trinajstić information content (AvgIpc) is 2.30. The quantitative estimate of drug-likeness (QED) is 0.640. The van der Waals surface area contributed by atoms with E-state index in [-0.39, 0.29) is 4.47 Å². The van der Waals surface area contributed by atoms with Gasteiger partial charge in [0.1, 0.15) is 12.1 Å². The molecular weight excluding hydrogens is 322 g/mol. The SMILES string of the molecule is N#CCC(=O)Nc1c(C(=O)O)cc(Br)cc1[N+](=O)[O-]. The molecule has 0 saturated carbocycles. The number of benzene rings is 1. The Bertz CT molecular complexity index is 573. The number of nitro benzene ring substituents is 1. The summed E-state index contributed by atoms with van der Waals surface area (Å²) < 4.78 is 0.190. The van der Waals surface area contributed by atoms with E-state index in [1.54, 1.807) is 6.07 Å². The van der Waals surface area contributed by atoms with E-state index in [0.29, 0.717) is 0 Å². The van der Waals surface area contributed by atoms with E-state index in [9.17, 15) is 19.7 Å². The maximum absolute atomic E-state index is 11.3. The molecule has 9 heteroatoms. The lowest BCUT2D eigenvalue weighted by atomic mass is 10.1. The number of hydrogen-bond acceptors (Lipinski definition) is 5. The summed E-state index contributed by atoms with van der Waals surface area (Å²) in [4.78, 5) is 32.4. The summed E-state index contributed by atoms with van der Waals surface area (Å²) in [7, 11) is 0. The lowest BCUT2D eigenvalue weighted by Gasteiger charge is -2.08. The van der Waals surface area contributed by atoms with E-state index in [1.165, 1.54) is 0 Å². The zero-order valence-electron chi connectivity index (χ0n) is 9.21. The topological polar surface area (TPSA) is 133 Å². The molecule has 0 aliphatic rings. The number of carbonyl (C=O) groups excluding carboxylic acids is 1. The summed E-state index contributed by atoms with van der Waals surface area (Å²) >= 11 is 2.95. The summed E-state index contributed by atoms with van der Waals surface area (Å²) in [5.41, 5.74) is -1.45. The predicted molar refractivity (Wildman–Crippen MR) is 66.6 cm³/mol. The molecule has 0 spiro atoms. The van der Waals surface area contributed by atoms with Gasteiger partial charge in [-0.15, -0.1) is 0 Å². The number of rotatable bonds is 4. The summed E-state index contributed by atoms with van der Waals surface area (Å²) in [6.45, 7) is 0. The number of nitrogens with one attached hydrogen (secondary N) is 1. The molecule has 0 unspecified atom stereocenters. The molecule has 0 fully saturated rings.